The van der Waals surface area contributed by atoms with Crippen LogP contribution in [-0.2, 0) is 0 Å². The molecule has 30 heavy (non-hydrogen) atoms. The fourth-order valence-corrected chi connectivity index (χ4v) is 10.2. The van der Waals surface area contributed by atoms with E-state index in [2.05, 4.69) is 60.8 Å². The Hall–Kier alpha value is -1.20. The fourth-order valence-electron chi connectivity index (χ4n) is 4.61. The Morgan fingerprint density at radius 2 is 0.933 bits per heavy atom. The van der Waals surface area contributed by atoms with Gasteiger partial charge in [0.05, 0.1) is 0 Å². The number of anilines is 2. The Morgan fingerprint density at radius 3 is 1.40 bits per heavy atom. The number of unbranched alkanes of at least 4 members (excludes halogenated alkanes) is 13. The van der Waals surface area contributed by atoms with Gasteiger partial charge in [0.2, 0.25) is 0 Å². The Labute approximate surface area is 190 Å². The summed E-state index contributed by atoms with van der Waals surface area (Å²) in [5.41, 5.74) is 2.73. The zero-order chi connectivity index (χ0) is 20.9. The number of benzene rings is 2. The van der Waals surface area contributed by atoms with Crippen LogP contribution in [0.2, 0.25) is 5.21 Å². The molecule has 0 fully saturated rings. The Bertz CT molecular complexity index is 681. The van der Waals surface area contributed by atoms with E-state index in [4.69, 9.17) is 0 Å². The summed E-state index contributed by atoms with van der Waals surface area (Å²) >= 11 is -1.15. The molecule has 1 heterocycles. The molecule has 0 bridgehead atoms. The summed E-state index contributed by atoms with van der Waals surface area (Å²) in [6.45, 7) is 2.30. The van der Waals surface area contributed by atoms with Crippen LogP contribution in [-0.4, -0.2) is 14.7 Å². The van der Waals surface area contributed by atoms with E-state index in [-0.39, 0.29) is 0 Å². The summed E-state index contributed by atoms with van der Waals surface area (Å²) in [6.07, 6.45) is 20.2. The van der Waals surface area contributed by atoms with Crippen molar-refractivity contribution in [2.75, 3.05) is 5.32 Å². The van der Waals surface area contributed by atoms with Gasteiger partial charge in [0.25, 0.3) is 0 Å². The first-order valence-electron chi connectivity index (χ1n) is 12.6. The van der Waals surface area contributed by atoms with Crippen LogP contribution in [0.4, 0.5) is 11.4 Å². The third kappa shape index (κ3) is 7.49. The summed E-state index contributed by atoms with van der Waals surface area (Å²) in [4.78, 5) is 0. The number of hydrogen-bond donors (Lipinski definition) is 1. The zero-order valence-electron chi connectivity index (χ0n) is 19.2. The van der Waals surface area contributed by atoms with Gasteiger partial charge in [-0.1, -0.05) is 26.2 Å². The average molecular weight is 468 g/mol. The first-order chi connectivity index (χ1) is 14.9. The molecular weight excluding hydrogens is 425 g/mol. The molecule has 0 spiro atoms. The van der Waals surface area contributed by atoms with Crippen molar-refractivity contribution < 1.29 is 0 Å². The van der Waals surface area contributed by atoms with E-state index in [1.54, 1.807) is 8.70 Å². The van der Waals surface area contributed by atoms with Gasteiger partial charge in [-0.25, -0.2) is 0 Å². The molecule has 0 unspecified atom stereocenters. The van der Waals surface area contributed by atoms with Crippen molar-refractivity contribution in [2.24, 2.45) is 0 Å². The molecule has 3 rings (SSSR count). The SMILES string of the molecule is CCCCCCCCCCCCCCCC[As]1c2ccccc2Nc2ccccc21. The van der Waals surface area contributed by atoms with Crippen molar-refractivity contribution >= 4 is 34.7 Å². The van der Waals surface area contributed by atoms with Crippen LogP contribution in [0.25, 0.3) is 0 Å². The van der Waals surface area contributed by atoms with Gasteiger partial charge in [0.1, 0.15) is 0 Å². The molecule has 164 valence electrons. The van der Waals surface area contributed by atoms with E-state index < -0.39 is 14.7 Å². The minimum atomic E-state index is -1.15. The van der Waals surface area contributed by atoms with Gasteiger partial charge in [0, 0.05) is 0 Å². The molecule has 2 aromatic carbocycles. The number of hydrogen-bond acceptors (Lipinski definition) is 1. The molecule has 1 aliphatic rings. The predicted molar refractivity (Wildman–Crippen MR) is 136 cm³/mol. The number of rotatable bonds is 15. The van der Waals surface area contributed by atoms with Crippen LogP contribution in [0.1, 0.15) is 96.8 Å². The molecule has 1 nitrogen and oxygen atoms in total. The Balaban J connectivity index is 1.27. The predicted octanol–water partition coefficient (Wildman–Crippen LogP) is 7.83. The third-order valence-electron chi connectivity index (χ3n) is 6.39. The average Bonchev–Trinajstić information content (AvgIpc) is 2.78. The molecule has 2 heteroatoms. The molecule has 0 aliphatic carbocycles. The molecule has 2 aromatic rings. The molecule has 0 saturated carbocycles. The molecule has 0 amide bonds. The van der Waals surface area contributed by atoms with E-state index in [1.807, 2.05) is 0 Å². The topological polar surface area (TPSA) is 12.0 Å². The van der Waals surface area contributed by atoms with E-state index >= 15 is 0 Å². The van der Waals surface area contributed by atoms with Crippen molar-refractivity contribution in [3.05, 3.63) is 48.5 Å². The number of fused-ring (bicyclic) bond motifs is 2. The molecule has 0 saturated heterocycles. The molecule has 1 N–H and O–H groups in total. The van der Waals surface area contributed by atoms with Crippen LogP contribution in [0.3, 0.4) is 0 Å². The molecule has 1 aliphatic heterocycles. The number of para-hydroxylation sites is 2. The van der Waals surface area contributed by atoms with Crippen LogP contribution >= 0.6 is 0 Å². The first kappa shape index (κ1) is 23.5. The van der Waals surface area contributed by atoms with Gasteiger partial charge in [0.15, 0.2) is 0 Å². The fraction of sp³-hybridized carbons (Fsp3) is 0.571. The standard InChI is InChI=1S/C28H42AsN/c1-2-3-4-5-6-7-8-9-10-11-12-13-14-19-24-29-25-20-15-17-22-27(25)30-28-23-18-16-21-26(28)29/h15-18,20-23,30H,2-14,19,24H2,1H3. The Morgan fingerprint density at radius 1 is 0.533 bits per heavy atom. The van der Waals surface area contributed by atoms with E-state index in [9.17, 15) is 0 Å². The van der Waals surface area contributed by atoms with Crippen LogP contribution in [0.15, 0.2) is 48.5 Å². The summed E-state index contributed by atoms with van der Waals surface area (Å²) in [5, 5.41) is 5.08. The van der Waals surface area contributed by atoms with Gasteiger partial charge in [-0.2, -0.15) is 0 Å². The molecule has 0 atom stereocenters. The van der Waals surface area contributed by atoms with Crippen LogP contribution in [0.5, 0.6) is 0 Å². The minimum absolute atomic E-state index is 1.15. The summed E-state index contributed by atoms with van der Waals surface area (Å²) in [5.74, 6) is 0. The van der Waals surface area contributed by atoms with Crippen molar-refractivity contribution in [3.8, 4) is 0 Å². The maximum absolute atomic E-state index is 3.66. The van der Waals surface area contributed by atoms with Crippen molar-refractivity contribution in [2.45, 2.75) is 102 Å². The second-order valence-electron chi connectivity index (χ2n) is 8.91. The molecule has 0 aromatic heterocycles. The van der Waals surface area contributed by atoms with Crippen molar-refractivity contribution in [1.82, 2.24) is 0 Å². The maximum atomic E-state index is 3.66. The zero-order valence-corrected chi connectivity index (χ0v) is 21.0. The van der Waals surface area contributed by atoms with E-state index in [0.717, 1.165) is 0 Å². The Kier molecular flexibility index (Phi) is 10.9. The van der Waals surface area contributed by atoms with Crippen molar-refractivity contribution in [3.63, 3.8) is 0 Å². The van der Waals surface area contributed by atoms with Gasteiger partial charge < -0.3 is 0 Å². The second-order valence-corrected chi connectivity index (χ2v) is 13.7. The van der Waals surface area contributed by atoms with Gasteiger partial charge >= 0.3 is 164 Å². The van der Waals surface area contributed by atoms with E-state index in [1.165, 1.54) is 106 Å². The van der Waals surface area contributed by atoms with Crippen LogP contribution in [0, 0.1) is 0 Å². The van der Waals surface area contributed by atoms with Crippen LogP contribution < -0.4 is 14.0 Å². The summed E-state index contributed by atoms with van der Waals surface area (Å²) in [7, 11) is 0. The quantitative estimate of drug-likeness (QED) is 0.208. The summed E-state index contributed by atoms with van der Waals surface area (Å²) in [6, 6.07) is 18.1. The number of nitrogens with one attached hydrogen (secondary N) is 1. The summed E-state index contributed by atoms with van der Waals surface area (Å²) < 4.78 is 3.25. The van der Waals surface area contributed by atoms with E-state index in [0.29, 0.717) is 0 Å². The molecule has 0 radical (unpaired) electrons. The van der Waals surface area contributed by atoms with Gasteiger partial charge in [-0.3, -0.25) is 0 Å². The molecular formula is C28H42AsN. The van der Waals surface area contributed by atoms with Gasteiger partial charge in [-0.05, 0) is 0 Å². The first-order valence-corrected chi connectivity index (χ1v) is 15.8. The third-order valence-corrected chi connectivity index (χ3v) is 12.1. The van der Waals surface area contributed by atoms with Crippen molar-refractivity contribution in [1.29, 1.82) is 0 Å². The normalized spacial score (nSPS) is 13.0. The monoisotopic (exact) mass is 467 g/mol. The van der Waals surface area contributed by atoms with Gasteiger partial charge in [-0.15, -0.1) is 0 Å². The second kappa shape index (κ2) is 14.0.